The number of fused-ring (bicyclic) bond motifs is 5. The zero-order chi connectivity index (χ0) is 34.4. The number of hydrogen-bond acceptors (Lipinski definition) is 4. The third kappa shape index (κ3) is 5.07. The lowest BCUT2D eigenvalue weighted by molar-refractivity contribution is 1.16. The topological polar surface area (TPSA) is 46.8 Å². The van der Waals surface area contributed by atoms with Gasteiger partial charge in [-0.3, -0.25) is 4.90 Å². The van der Waals surface area contributed by atoms with E-state index < -0.39 is 0 Å². The zero-order valence-electron chi connectivity index (χ0n) is 28.1. The van der Waals surface area contributed by atoms with Crippen molar-refractivity contribution in [3.8, 4) is 28.2 Å². The molecule has 0 N–H and O–H groups in total. The van der Waals surface area contributed by atoms with Crippen molar-refractivity contribution in [2.75, 3.05) is 4.90 Å². The second-order valence-corrected chi connectivity index (χ2v) is 12.9. The SMILES string of the molecule is c1ccc(-c2nc3ccccc3nc2-c2ccc(N(c3ccc(-n4c5ccccc5c5ccccc54)cc3)c3ccc4ccccc4n3)cc2)cc1. The molecule has 52 heavy (non-hydrogen) atoms. The Morgan fingerprint density at radius 3 is 1.50 bits per heavy atom. The summed E-state index contributed by atoms with van der Waals surface area (Å²) in [5, 5.41) is 3.60. The van der Waals surface area contributed by atoms with Crippen LogP contribution in [0.1, 0.15) is 0 Å². The molecule has 3 heterocycles. The summed E-state index contributed by atoms with van der Waals surface area (Å²) in [7, 11) is 0. The minimum atomic E-state index is 0.839. The molecule has 0 fully saturated rings. The first-order valence-corrected chi connectivity index (χ1v) is 17.5. The first kappa shape index (κ1) is 29.8. The Kier molecular flexibility index (Phi) is 7.07. The Balaban J connectivity index is 1.10. The molecule has 0 saturated heterocycles. The number of nitrogens with zero attached hydrogens (tertiary/aromatic N) is 5. The zero-order valence-corrected chi connectivity index (χ0v) is 28.1. The van der Waals surface area contributed by atoms with Gasteiger partial charge >= 0.3 is 0 Å². The first-order valence-electron chi connectivity index (χ1n) is 17.5. The van der Waals surface area contributed by atoms with Crippen molar-refractivity contribution in [2.24, 2.45) is 0 Å². The van der Waals surface area contributed by atoms with Gasteiger partial charge in [-0.1, -0.05) is 109 Å². The molecule has 5 heteroatoms. The van der Waals surface area contributed by atoms with Gasteiger partial charge in [0.15, 0.2) is 0 Å². The molecule has 0 unspecified atom stereocenters. The van der Waals surface area contributed by atoms with Gasteiger partial charge < -0.3 is 4.57 Å². The van der Waals surface area contributed by atoms with Gasteiger partial charge in [0.1, 0.15) is 5.82 Å². The van der Waals surface area contributed by atoms with E-state index in [1.165, 1.54) is 21.8 Å². The maximum absolute atomic E-state index is 5.15. The van der Waals surface area contributed by atoms with Crippen LogP contribution in [0, 0.1) is 0 Å². The van der Waals surface area contributed by atoms with Gasteiger partial charge in [-0.2, -0.15) is 0 Å². The highest BCUT2D eigenvalue weighted by Gasteiger charge is 2.18. The van der Waals surface area contributed by atoms with Gasteiger partial charge in [0.25, 0.3) is 0 Å². The van der Waals surface area contributed by atoms with E-state index in [2.05, 4.69) is 143 Å². The van der Waals surface area contributed by atoms with Gasteiger partial charge in [-0.05, 0) is 78.9 Å². The van der Waals surface area contributed by atoms with Crippen LogP contribution in [-0.2, 0) is 0 Å². The van der Waals surface area contributed by atoms with Crippen molar-refractivity contribution >= 4 is 60.9 Å². The van der Waals surface area contributed by atoms with E-state index >= 15 is 0 Å². The molecule has 0 spiro atoms. The third-order valence-electron chi connectivity index (χ3n) is 9.78. The quantitative estimate of drug-likeness (QED) is 0.177. The Morgan fingerprint density at radius 2 is 0.865 bits per heavy atom. The summed E-state index contributed by atoms with van der Waals surface area (Å²) in [5.41, 5.74) is 11.9. The van der Waals surface area contributed by atoms with E-state index in [-0.39, 0.29) is 0 Å². The summed E-state index contributed by atoms with van der Waals surface area (Å²) < 4.78 is 2.34. The maximum Gasteiger partial charge on any atom is 0.138 e. The fourth-order valence-corrected chi connectivity index (χ4v) is 7.31. The van der Waals surface area contributed by atoms with Gasteiger partial charge in [0.05, 0.1) is 39.0 Å². The second kappa shape index (κ2) is 12.3. The van der Waals surface area contributed by atoms with Crippen LogP contribution in [0.15, 0.2) is 188 Å². The number of para-hydroxylation sites is 5. The molecule has 5 nitrogen and oxygen atoms in total. The largest absolute Gasteiger partial charge is 0.309 e. The number of benzene rings is 7. The van der Waals surface area contributed by atoms with Crippen molar-refractivity contribution < 1.29 is 0 Å². The fourth-order valence-electron chi connectivity index (χ4n) is 7.31. The van der Waals surface area contributed by atoms with Gasteiger partial charge in [-0.15, -0.1) is 0 Å². The first-order chi connectivity index (χ1) is 25.8. The van der Waals surface area contributed by atoms with E-state index in [0.29, 0.717) is 0 Å². The van der Waals surface area contributed by atoms with Gasteiger partial charge in [0.2, 0.25) is 0 Å². The third-order valence-corrected chi connectivity index (χ3v) is 9.78. The maximum atomic E-state index is 5.15. The lowest BCUT2D eigenvalue weighted by Gasteiger charge is -2.25. The number of rotatable bonds is 6. The van der Waals surface area contributed by atoms with Gasteiger partial charge in [-0.25, -0.2) is 15.0 Å². The van der Waals surface area contributed by atoms with Crippen molar-refractivity contribution in [2.45, 2.75) is 0 Å². The second-order valence-electron chi connectivity index (χ2n) is 12.9. The molecule has 244 valence electrons. The van der Waals surface area contributed by atoms with Crippen molar-refractivity contribution in [3.63, 3.8) is 0 Å². The summed E-state index contributed by atoms with van der Waals surface area (Å²) >= 11 is 0. The molecule has 0 aliphatic rings. The molecule has 0 radical (unpaired) electrons. The van der Waals surface area contributed by atoms with Crippen molar-refractivity contribution in [1.29, 1.82) is 0 Å². The molecule has 0 aliphatic heterocycles. The monoisotopic (exact) mass is 665 g/mol. The Morgan fingerprint density at radius 1 is 0.365 bits per heavy atom. The number of hydrogen-bond donors (Lipinski definition) is 0. The van der Waals surface area contributed by atoms with Crippen LogP contribution < -0.4 is 4.90 Å². The van der Waals surface area contributed by atoms with E-state index in [4.69, 9.17) is 15.0 Å². The minimum Gasteiger partial charge on any atom is -0.309 e. The molecular formula is C47H31N5. The Hall–Kier alpha value is -7.11. The van der Waals surface area contributed by atoms with Crippen LogP contribution >= 0.6 is 0 Å². The van der Waals surface area contributed by atoms with Crippen LogP contribution in [0.4, 0.5) is 17.2 Å². The Labute approximate surface area is 300 Å². The van der Waals surface area contributed by atoms with E-state index in [0.717, 1.165) is 67.3 Å². The highest BCUT2D eigenvalue weighted by molar-refractivity contribution is 6.09. The molecule has 0 amide bonds. The van der Waals surface area contributed by atoms with Crippen LogP contribution in [-0.4, -0.2) is 19.5 Å². The summed E-state index contributed by atoms with van der Waals surface area (Å²) in [5.74, 6) is 0.839. The van der Waals surface area contributed by atoms with Crippen molar-refractivity contribution in [1.82, 2.24) is 19.5 Å². The molecule has 3 aromatic heterocycles. The van der Waals surface area contributed by atoms with E-state index in [9.17, 15) is 0 Å². The molecule has 0 saturated carbocycles. The highest BCUT2D eigenvalue weighted by atomic mass is 15.2. The lowest BCUT2D eigenvalue weighted by atomic mass is 10.0. The number of pyridine rings is 1. The normalized spacial score (nSPS) is 11.5. The predicted molar refractivity (Wildman–Crippen MR) is 215 cm³/mol. The standard InChI is InChI=1S/C47H31N5/c1-2-13-33(14-3-1)46-47(50-42-19-9-8-18-41(42)49-46)34-22-25-35(26-23-34)51(45-31-24-32-12-4-7-17-40(32)48-45)36-27-29-37(30-28-36)52-43-20-10-5-15-38(43)39-16-6-11-21-44(39)52/h1-31H. The lowest BCUT2D eigenvalue weighted by Crippen LogP contribution is -2.12. The van der Waals surface area contributed by atoms with E-state index in [1.807, 2.05) is 54.6 Å². The molecule has 10 aromatic rings. The highest BCUT2D eigenvalue weighted by Crippen LogP contribution is 2.38. The molecule has 0 aliphatic carbocycles. The molecular weight excluding hydrogens is 635 g/mol. The minimum absolute atomic E-state index is 0.839. The van der Waals surface area contributed by atoms with Crippen LogP contribution in [0.3, 0.4) is 0 Å². The fraction of sp³-hybridized carbons (Fsp3) is 0. The Bertz CT molecular complexity index is 2840. The van der Waals surface area contributed by atoms with E-state index in [1.54, 1.807) is 0 Å². The summed E-state index contributed by atoms with van der Waals surface area (Å²) in [6, 6.07) is 65.4. The molecule has 0 atom stereocenters. The van der Waals surface area contributed by atoms with Crippen LogP contribution in [0.25, 0.3) is 71.9 Å². The summed E-state index contributed by atoms with van der Waals surface area (Å²) in [4.78, 5) is 17.6. The average molecular weight is 666 g/mol. The summed E-state index contributed by atoms with van der Waals surface area (Å²) in [6.45, 7) is 0. The molecule has 10 rings (SSSR count). The molecule has 0 bridgehead atoms. The van der Waals surface area contributed by atoms with Crippen LogP contribution in [0.2, 0.25) is 0 Å². The van der Waals surface area contributed by atoms with Crippen molar-refractivity contribution in [3.05, 3.63) is 188 Å². The van der Waals surface area contributed by atoms with Gasteiger partial charge in [0, 0.05) is 44.3 Å². The molecule has 7 aromatic carbocycles. The summed E-state index contributed by atoms with van der Waals surface area (Å²) in [6.07, 6.45) is 0. The number of aromatic nitrogens is 4. The number of anilines is 3. The predicted octanol–water partition coefficient (Wildman–Crippen LogP) is 12.1. The average Bonchev–Trinajstić information content (AvgIpc) is 3.56. The van der Waals surface area contributed by atoms with Crippen LogP contribution in [0.5, 0.6) is 0 Å². The smallest absolute Gasteiger partial charge is 0.138 e.